The number of rotatable bonds is 3. The molecule has 2 nitrogen and oxygen atoms in total. The SMILES string of the molecule is CC(C)O/N=[C]/c1ccccc1F. The van der Waals surface area contributed by atoms with Gasteiger partial charge in [-0.1, -0.05) is 17.3 Å². The van der Waals surface area contributed by atoms with E-state index >= 15 is 0 Å². The molecule has 0 aromatic heterocycles. The Labute approximate surface area is 77.0 Å². The predicted octanol–water partition coefficient (Wildman–Crippen LogP) is 2.46. The third-order valence-electron chi connectivity index (χ3n) is 1.30. The highest BCUT2D eigenvalue weighted by atomic mass is 19.1. The third-order valence-corrected chi connectivity index (χ3v) is 1.30. The van der Waals surface area contributed by atoms with Crippen LogP contribution in [0.1, 0.15) is 19.4 Å². The Hall–Kier alpha value is -1.38. The van der Waals surface area contributed by atoms with E-state index < -0.39 is 0 Å². The van der Waals surface area contributed by atoms with Crippen molar-refractivity contribution >= 4 is 6.21 Å². The first kappa shape index (κ1) is 9.71. The van der Waals surface area contributed by atoms with E-state index in [1.807, 2.05) is 13.8 Å². The highest BCUT2D eigenvalue weighted by Crippen LogP contribution is 2.03. The van der Waals surface area contributed by atoms with Gasteiger partial charge in [-0.3, -0.25) is 0 Å². The Kier molecular flexibility index (Phi) is 3.43. The molecule has 1 aromatic carbocycles. The smallest absolute Gasteiger partial charge is 0.142 e. The Morgan fingerprint density at radius 2 is 2.08 bits per heavy atom. The summed E-state index contributed by atoms with van der Waals surface area (Å²) >= 11 is 0. The number of hydrogen-bond donors (Lipinski definition) is 0. The lowest BCUT2D eigenvalue weighted by atomic mass is 10.2. The third kappa shape index (κ3) is 3.23. The highest BCUT2D eigenvalue weighted by molar-refractivity contribution is 5.79. The van der Waals surface area contributed by atoms with Gasteiger partial charge < -0.3 is 4.84 Å². The molecule has 1 aromatic rings. The Morgan fingerprint density at radius 3 is 2.69 bits per heavy atom. The van der Waals surface area contributed by atoms with Gasteiger partial charge in [-0.15, -0.1) is 0 Å². The average molecular weight is 180 g/mol. The fourth-order valence-corrected chi connectivity index (χ4v) is 0.733. The van der Waals surface area contributed by atoms with Crippen LogP contribution in [0.3, 0.4) is 0 Å². The lowest BCUT2D eigenvalue weighted by molar-refractivity contribution is 0.0873. The van der Waals surface area contributed by atoms with Gasteiger partial charge in [0.15, 0.2) is 0 Å². The van der Waals surface area contributed by atoms with E-state index in [2.05, 4.69) is 11.4 Å². The molecule has 69 valence electrons. The molecule has 0 aliphatic heterocycles. The Balaban J connectivity index is 2.63. The molecule has 3 heteroatoms. The predicted molar refractivity (Wildman–Crippen MR) is 49.2 cm³/mol. The second kappa shape index (κ2) is 4.60. The summed E-state index contributed by atoms with van der Waals surface area (Å²) in [6, 6.07) is 6.27. The van der Waals surface area contributed by atoms with E-state index in [1.165, 1.54) is 6.07 Å². The van der Waals surface area contributed by atoms with E-state index in [9.17, 15) is 4.39 Å². The van der Waals surface area contributed by atoms with Gasteiger partial charge in [-0.05, 0) is 26.0 Å². The van der Waals surface area contributed by atoms with E-state index in [4.69, 9.17) is 4.84 Å². The fraction of sp³-hybridized carbons (Fsp3) is 0.300. The summed E-state index contributed by atoms with van der Waals surface area (Å²) in [5.74, 6) is -0.349. The molecule has 0 fully saturated rings. The van der Waals surface area contributed by atoms with Crippen molar-refractivity contribution in [2.45, 2.75) is 20.0 Å². The van der Waals surface area contributed by atoms with Crippen molar-refractivity contribution in [3.63, 3.8) is 0 Å². The van der Waals surface area contributed by atoms with Crippen molar-refractivity contribution in [3.05, 3.63) is 35.6 Å². The summed E-state index contributed by atoms with van der Waals surface area (Å²) in [6.07, 6.45) is 2.46. The molecule has 0 saturated heterocycles. The van der Waals surface area contributed by atoms with Crippen LogP contribution in [0.4, 0.5) is 4.39 Å². The number of hydrogen-bond acceptors (Lipinski definition) is 2. The van der Waals surface area contributed by atoms with Crippen molar-refractivity contribution in [1.29, 1.82) is 0 Å². The van der Waals surface area contributed by atoms with Crippen molar-refractivity contribution in [3.8, 4) is 0 Å². The summed E-state index contributed by atoms with van der Waals surface area (Å²) in [6.45, 7) is 3.68. The zero-order chi connectivity index (χ0) is 9.68. The number of benzene rings is 1. The van der Waals surface area contributed by atoms with Gasteiger partial charge in [0.2, 0.25) is 0 Å². The largest absolute Gasteiger partial charge is 0.393 e. The first-order valence-electron chi connectivity index (χ1n) is 4.06. The number of nitrogens with zero attached hydrogens (tertiary/aromatic N) is 1. The second-order valence-electron chi connectivity index (χ2n) is 2.84. The van der Waals surface area contributed by atoms with Gasteiger partial charge >= 0.3 is 0 Å². The molecule has 0 heterocycles. The quantitative estimate of drug-likeness (QED) is 0.517. The fourth-order valence-electron chi connectivity index (χ4n) is 0.733. The van der Waals surface area contributed by atoms with Crippen LogP contribution in [0.15, 0.2) is 29.4 Å². The maximum absolute atomic E-state index is 12.9. The molecule has 0 amide bonds. The first-order chi connectivity index (χ1) is 6.20. The standard InChI is InChI=1S/C10H11FNO/c1-8(2)13-12-7-9-5-3-4-6-10(9)11/h3-6,8H,1-2H3. The molecule has 0 unspecified atom stereocenters. The average Bonchev–Trinajstić information content (AvgIpc) is 2.08. The normalized spacial score (nSPS) is 11.1. The van der Waals surface area contributed by atoms with E-state index in [1.54, 1.807) is 18.2 Å². The van der Waals surface area contributed by atoms with Gasteiger partial charge in [-0.2, -0.15) is 0 Å². The van der Waals surface area contributed by atoms with Crippen molar-refractivity contribution < 1.29 is 9.23 Å². The topological polar surface area (TPSA) is 21.6 Å². The monoisotopic (exact) mass is 180 g/mol. The van der Waals surface area contributed by atoms with Gasteiger partial charge in [0, 0.05) is 5.56 Å². The molecule has 0 bridgehead atoms. The first-order valence-corrected chi connectivity index (χ1v) is 4.06. The summed E-state index contributed by atoms with van der Waals surface area (Å²) < 4.78 is 12.9. The molecule has 0 aliphatic rings. The molecule has 0 N–H and O–H groups in total. The zero-order valence-corrected chi connectivity index (χ0v) is 7.62. The minimum absolute atomic E-state index is 0.0146. The van der Waals surface area contributed by atoms with Crippen LogP contribution in [0.25, 0.3) is 0 Å². The molecule has 0 saturated carbocycles. The molecular weight excluding hydrogens is 169 g/mol. The lowest BCUT2D eigenvalue weighted by Gasteiger charge is -1.99. The van der Waals surface area contributed by atoms with Crippen LogP contribution >= 0.6 is 0 Å². The lowest BCUT2D eigenvalue weighted by Crippen LogP contribution is -1.96. The maximum Gasteiger partial charge on any atom is 0.142 e. The van der Waals surface area contributed by atoms with Gasteiger partial charge in [-0.25, -0.2) is 4.39 Å². The van der Waals surface area contributed by atoms with E-state index in [0.717, 1.165) is 0 Å². The van der Waals surface area contributed by atoms with Crippen LogP contribution in [0.2, 0.25) is 0 Å². The molecule has 1 radical (unpaired) electrons. The summed E-state index contributed by atoms with van der Waals surface area (Å²) in [4.78, 5) is 4.85. The maximum atomic E-state index is 12.9. The van der Waals surface area contributed by atoms with Crippen LogP contribution < -0.4 is 0 Å². The summed E-state index contributed by atoms with van der Waals surface area (Å²) in [5.41, 5.74) is 0.308. The second-order valence-corrected chi connectivity index (χ2v) is 2.84. The zero-order valence-electron chi connectivity index (χ0n) is 7.62. The minimum atomic E-state index is -0.349. The van der Waals surface area contributed by atoms with Crippen LogP contribution in [0.5, 0.6) is 0 Å². The van der Waals surface area contributed by atoms with Crippen molar-refractivity contribution in [2.75, 3.05) is 0 Å². The summed E-state index contributed by atoms with van der Waals surface area (Å²) in [5, 5.41) is 3.51. The van der Waals surface area contributed by atoms with Crippen LogP contribution in [-0.2, 0) is 4.84 Å². The van der Waals surface area contributed by atoms with Crippen LogP contribution in [-0.4, -0.2) is 12.3 Å². The molecule has 1 rings (SSSR count). The molecule has 0 atom stereocenters. The van der Waals surface area contributed by atoms with E-state index in [0.29, 0.717) is 5.56 Å². The number of halogens is 1. The van der Waals surface area contributed by atoms with E-state index in [-0.39, 0.29) is 11.9 Å². The van der Waals surface area contributed by atoms with Crippen molar-refractivity contribution in [1.82, 2.24) is 0 Å². The van der Waals surface area contributed by atoms with Gasteiger partial charge in [0.05, 0.1) is 0 Å². The molecule has 0 spiro atoms. The highest BCUT2D eigenvalue weighted by Gasteiger charge is 1.97. The van der Waals surface area contributed by atoms with Gasteiger partial charge in [0.25, 0.3) is 0 Å². The minimum Gasteiger partial charge on any atom is -0.393 e. The Bertz CT molecular complexity index is 297. The summed E-state index contributed by atoms with van der Waals surface area (Å²) in [7, 11) is 0. The molecular formula is C10H11FNO. The van der Waals surface area contributed by atoms with Crippen LogP contribution in [0, 0.1) is 5.82 Å². The molecule has 0 aliphatic carbocycles. The van der Waals surface area contributed by atoms with Gasteiger partial charge in [0.1, 0.15) is 18.1 Å². The Morgan fingerprint density at radius 1 is 1.38 bits per heavy atom. The molecule has 13 heavy (non-hydrogen) atoms. The van der Waals surface area contributed by atoms with Crippen molar-refractivity contribution in [2.24, 2.45) is 5.16 Å².